The molecule has 0 aliphatic heterocycles. The van der Waals surface area contributed by atoms with E-state index in [2.05, 4.69) is 34.1 Å². The third kappa shape index (κ3) is 12.0. The molecule has 42 heavy (non-hydrogen) atoms. The quantitative estimate of drug-likeness (QED) is 0.111. The van der Waals surface area contributed by atoms with Crippen LogP contribution in [0.2, 0.25) is 0 Å². The van der Waals surface area contributed by atoms with E-state index in [1.807, 2.05) is 48.5 Å². The second-order valence-electron chi connectivity index (χ2n) is 9.10. The number of hydrogen-bond donors (Lipinski definition) is 1. The Morgan fingerprint density at radius 2 is 1.02 bits per heavy atom. The Morgan fingerprint density at radius 1 is 0.548 bits per heavy atom. The third-order valence-corrected chi connectivity index (χ3v) is 6.15. The smallest absolute Gasteiger partial charge is 0.171 e. The monoisotopic (exact) mass is 642 g/mol. The Hall–Kier alpha value is -3.12. The van der Waals surface area contributed by atoms with Crippen LogP contribution in [0, 0.1) is 0 Å². The first-order valence-electron chi connectivity index (χ1n) is 13.9. The standard InChI is InChI=1S/C32H39N2O7.BrH/c35-14-16-37-18-20-39-22-24-41-32-4-2-29-25-31(3-1-30(29)26-32)40-23-21-38-19-17-36-15-13-34-11-7-28(8-12-34)27-5-9-33-10-6-27;/h1-12,25-26,35H,13-24H2;1H/q+1;/p-1. The topological polar surface area (TPSA) is 92.4 Å². The molecular weight excluding hydrogens is 604 g/mol. The first kappa shape index (κ1) is 33.4. The highest BCUT2D eigenvalue weighted by Crippen LogP contribution is 2.25. The van der Waals surface area contributed by atoms with Gasteiger partial charge in [0.05, 0.1) is 52.9 Å². The molecule has 0 fully saturated rings. The Balaban J connectivity index is 0.00000484. The van der Waals surface area contributed by atoms with Gasteiger partial charge in [-0.3, -0.25) is 4.98 Å². The van der Waals surface area contributed by atoms with E-state index in [1.165, 1.54) is 5.56 Å². The summed E-state index contributed by atoms with van der Waals surface area (Å²) in [4.78, 5) is 4.06. The number of aromatic nitrogens is 2. The number of ether oxygens (including phenoxy) is 6. The van der Waals surface area contributed by atoms with Gasteiger partial charge in [-0.15, -0.1) is 0 Å². The zero-order chi connectivity index (χ0) is 28.4. The average molecular weight is 644 g/mol. The molecule has 2 aromatic heterocycles. The van der Waals surface area contributed by atoms with Crippen molar-refractivity contribution >= 4 is 10.8 Å². The second kappa shape index (κ2) is 19.9. The summed E-state index contributed by atoms with van der Waals surface area (Å²) in [5.41, 5.74) is 2.32. The molecule has 4 rings (SSSR count). The molecule has 0 aliphatic rings. The van der Waals surface area contributed by atoms with Gasteiger partial charge in [0.15, 0.2) is 18.9 Å². The highest BCUT2D eigenvalue weighted by atomic mass is 79.9. The number of aliphatic hydroxyl groups is 1. The van der Waals surface area contributed by atoms with E-state index in [4.69, 9.17) is 33.5 Å². The highest BCUT2D eigenvalue weighted by Gasteiger charge is 2.04. The van der Waals surface area contributed by atoms with Crippen LogP contribution in [0.15, 0.2) is 85.5 Å². The molecule has 2 heterocycles. The Kier molecular flexibility index (Phi) is 15.8. The zero-order valence-electron chi connectivity index (χ0n) is 23.7. The molecule has 0 bridgehead atoms. The summed E-state index contributed by atoms with van der Waals surface area (Å²) in [7, 11) is 0. The SMILES string of the molecule is OCCOCCOCCOc1ccc2cc(OCCOCCOCC[n+]3ccc(-c4ccncc4)cc3)ccc2c1.[Br-]. The molecule has 2 aromatic carbocycles. The summed E-state index contributed by atoms with van der Waals surface area (Å²) >= 11 is 0. The van der Waals surface area contributed by atoms with Crippen LogP contribution < -0.4 is 31.0 Å². The van der Waals surface area contributed by atoms with Crippen molar-refractivity contribution in [1.82, 2.24) is 4.98 Å². The number of nitrogens with zero attached hydrogens (tertiary/aromatic N) is 2. The summed E-state index contributed by atoms with van der Waals surface area (Å²) in [5.74, 6) is 1.59. The number of rotatable bonds is 20. The van der Waals surface area contributed by atoms with Gasteiger partial charge in [-0.1, -0.05) is 12.1 Å². The van der Waals surface area contributed by atoms with E-state index < -0.39 is 0 Å². The molecule has 0 saturated heterocycles. The molecule has 10 heteroatoms. The van der Waals surface area contributed by atoms with Crippen molar-refractivity contribution in [3.8, 4) is 22.6 Å². The van der Waals surface area contributed by atoms with Gasteiger partial charge in [0.2, 0.25) is 0 Å². The Morgan fingerprint density at radius 3 is 1.57 bits per heavy atom. The lowest BCUT2D eigenvalue weighted by Gasteiger charge is -2.10. The minimum Gasteiger partial charge on any atom is -1.00 e. The van der Waals surface area contributed by atoms with Crippen LogP contribution in [-0.4, -0.2) is 82.8 Å². The van der Waals surface area contributed by atoms with Gasteiger partial charge in [0.1, 0.15) is 31.3 Å². The van der Waals surface area contributed by atoms with E-state index in [0.717, 1.165) is 34.4 Å². The van der Waals surface area contributed by atoms with Crippen molar-refractivity contribution in [1.29, 1.82) is 0 Å². The highest BCUT2D eigenvalue weighted by molar-refractivity contribution is 5.85. The number of benzene rings is 2. The lowest BCUT2D eigenvalue weighted by atomic mass is 10.1. The number of fused-ring (bicyclic) bond motifs is 1. The van der Waals surface area contributed by atoms with Gasteiger partial charge in [-0.05, 0) is 58.3 Å². The molecule has 0 saturated carbocycles. The molecule has 9 nitrogen and oxygen atoms in total. The lowest BCUT2D eigenvalue weighted by Crippen LogP contribution is -3.00. The van der Waals surface area contributed by atoms with Crippen LogP contribution in [-0.2, 0) is 25.5 Å². The largest absolute Gasteiger partial charge is 1.00 e. The van der Waals surface area contributed by atoms with E-state index in [9.17, 15) is 0 Å². The average Bonchev–Trinajstić information content (AvgIpc) is 3.02. The van der Waals surface area contributed by atoms with E-state index >= 15 is 0 Å². The fourth-order valence-electron chi connectivity index (χ4n) is 4.04. The van der Waals surface area contributed by atoms with E-state index in [1.54, 1.807) is 12.4 Å². The minimum atomic E-state index is 0. The van der Waals surface area contributed by atoms with Crippen LogP contribution in [0.5, 0.6) is 11.5 Å². The van der Waals surface area contributed by atoms with Crippen molar-refractivity contribution in [2.45, 2.75) is 6.54 Å². The Labute approximate surface area is 257 Å². The predicted molar refractivity (Wildman–Crippen MR) is 155 cm³/mol. The Bertz CT molecular complexity index is 1280. The van der Waals surface area contributed by atoms with Crippen molar-refractivity contribution in [3.63, 3.8) is 0 Å². The van der Waals surface area contributed by atoms with Gasteiger partial charge in [-0.2, -0.15) is 0 Å². The van der Waals surface area contributed by atoms with Crippen LogP contribution in [0.4, 0.5) is 0 Å². The summed E-state index contributed by atoms with van der Waals surface area (Å²) < 4.78 is 35.7. The molecule has 0 unspecified atom stereocenters. The minimum absolute atomic E-state index is 0. The fourth-order valence-corrected chi connectivity index (χ4v) is 4.04. The molecule has 226 valence electrons. The molecular formula is C32H39BrN2O7. The second-order valence-corrected chi connectivity index (χ2v) is 9.10. The summed E-state index contributed by atoms with van der Waals surface area (Å²) in [5, 5.41) is 10.8. The summed E-state index contributed by atoms with van der Waals surface area (Å²) in [6.45, 7) is 5.67. The fraction of sp³-hybridized carbons (Fsp3) is 0.375. The van der Waals surface area contributed by atoms with Crippen LogP contribution in [0.3, 0.4) is 0 Å². The maximum Gasteiger partial charge on any atom is 0.171 e. The van der Waals surface area contributed by atoms with Crippen molar-refractivity contribution < 1.29 is 55.1 Å². The van der Waals surface area contributed by atoms with Crippen LogP contribution in [0.1, 0.15) is 0 Å². The molecule has 0 aliphatic carbocycles. The van der Waals surface area contributed by atoms with E-state index in [-0.39, 0.29) is 23.6 Å². The number of aliphatic hydroxyl groups excluding tert-OH is 1. The van der Waals surface area contributed by atoms with E-state index in [0.29, 0.717) is 66.1 Å². The van der Waals surface area contributed by atoms with Crippen LogP contribution in [0.25, 0.3) is 21.9 Å². The first-order chi connectivity index (χ1) is 20.3. The van der Waals surface area contributed by atoms with Crippen molar-refractivity contribution in [2.75, 3.05) is 72.7 Å². The maximum atomic E-state index is 8.66. The maximum absolute atomic E-state index is 8.66. The molecule has 0 radical (unpaired) electrons. The predicted octanol–water partition coefficient (Wildman–Crippen LogP) is 0.710. The molecule has 0 atom stereocenters. The summed E-state index contributed by atoms with van der Waals surface area (Å²) in [6.07, 6.45) is 7.72. The van der Waals surface area contributed by atoms with Gasteiger partial charge < -0.3 is 50.5 Å². The normalized spacial score (nSPS) is 10.9. The van der Waals surface area contributed by atoms with Crippen molar-refractivity contribution in [3.05, 3.63) is 85.5 Å². The van der Waals surface area contributed by atoms with Gasteiger partial charge in [-0.25, -0.2) is 4.57 Å². The third-order valence-electron chi connectivity index (χ3n) is 6.15. The zero-order valence-corrected chi connectivity index (χ0v) is 25.3. The molecule has 0 spiro atoms. The lowest BCUT2D eigenvalue weighted by molar-refractivity contribution is -0.698. The number of pyridine rings is 2. The van der Waals surface area contributed by atoms with Crippen molar-refractivity contribution in [2.24, 2.45) is 0 Å². The number of hydrogen-bond acceptors (Lipinski definition) is 8. The van der Waals surface area contributed by atoms with Gasteiger partial charge in [0, 0.05) is 24.5 Å². The molecule has 0 amide bonds. The van der Waals surface area contributed by atoms with Crippen LogP contribution >= 0.6 is 0 Å². The van der Waals surface area contributed by atoms with Gasteiger partial charge >= 0.3 is 0 Å². The molecule has 1 N–H and O–H groups in total. The number of halogens is 1. The summed E-state index contributed by atoms with van der Waals surface area (Å²) in [6, 6.07) is 20.1. The molecule has 4 aromatic rings. The first-order valence-corrected chi connectivity index (χ1v) is 13.9. The van der Waals surface area contributed by atoms with Gasteiger partial charge in [0.25, 0.3) is 0 Å².